The van der Waals surface area contributed by atoms with Crippen LogP contribution in [0.15, 0.2) is 17.6 Å². The maximum absolute atomic E-state index is 6.48. The van der Waals surface area contributed by atoms with Gasteiger partial charge in [-0.2, -0.15) is 0 Å². The fraction of sp³-hybridized carbons (Fsp3) is 0.200. The molecule has 0 unspecified atom stereocenters. The Morgan fingerprint density at radius 1 is 1.86 bits per heavy atom. The largest absolute Gasteiger partial charge is 0.290 e. The molecule has 0 amide bonds. The second kappa shape index (κ2) is 3.28. The summed E-state index contributed by atoms with van der Waals surface area (Å²) in [6.07, 6.45) is 2.60. The third-order valence-corrected chi connectivity index (χ3v) is 0.564. The molecule has 0 saturated heterocycles. The van der Waals surface area contributed by atoms with Crippen LogP contribution in [0.25, 0.3) is 0 Å². The van der Waals surface area contributed by atoms with Crippen LogP contribution in [-0.2, 0) is 0 Å². The number of hydrogen-bond donors (Lipinski definition) is 1. The highest BCUT2D eigenvalue weighted by molar-refractivity contribution is 5.96. The maximum atomic E-state index is 6.48. The van der Waals surface area contributed by atoms with Crippen LogP contribution in [0, 0.1) is 5.41 Å². The average molecular weight is 96.1 g/mol. The summed E-state index contributed by atoms with van der Waals surface area (Å²) in [4.78, 5) is 3.58. The molecule has 0 aromatic rings. The van der Waals surface area contributed by atoms with Gasteiger partial charge in [0, 0.05) is 5.71 Å². The van der Waals surface area contributed by atoms with Crippen molar-refractivity contribution >= 4 is 12.1 Å². The fourth-order valence-corrected chi connectivity index (χ4v) is 0.155. The second-order valence-corrected chi connectivity index (χ2v) is 1.10. The number of aliphatic imine (C=N–C) groups is 1. The Kier molecular flexibility index (Phi) is 2.85. The smallest absolute Gasteiger partial charge is 0.107 e. The Morgan fingerprint density at radius 2 is 2.43 bits per heavy atom. The minimum Gasteiger partial charge on any atom is -0.290 e. The topological polar surface area (TPSA) is 36.2 Å². The van der Waals surface area contributed by atoms with E-state index in [4.69, 9.17) is 5.41 Å². The summed E-state index contributed by atoms with van der Waals surface area (Å²) in [6.45, 7) is 5.23. The molecule has 0 radical (unpaired) electrons. The van der Waals surface area contributed by atoms with Crippen molar-refractivity contribution in [1.29, 1.82) is 5.41 Å². The quantitative estimate of drug-likeness (QED) is 0.396. The molecular formula is C5H8N2. The van der Waals surface area contributed by atoms with Crippen LogP contribution in [0.4, 0.5) is 0 Å². The summed E-state index contributed by atoms with van der Waals surface area (Å²) in [6, 6.07) is 0. The fourth-order valence-electron chi connectivity index (χ4n) is 0.155. The monoisotopic (exact) mass is 96.1 g/mol. The van der Waals surface area contributed by atoms with Gasteiger partial charge < -0.3 is 0 Å². The number of nitrogens with zero attached hydrogens (tertiary/aromatic N) is 1. The van der Waals surface area contributed by atoms with E-state index in [1.54, 1.807) is 13.0 Å². The lowest BCUT2D eigenvalue weighted by Gasteiger charge is -1.78. The minimum absolute atomic E-state index is 0.773. The SMILES string of the molecule is C=C/C(C)=N\C=N. The molecule has 1 N–H and O–H groups in total. The van der Waals surface area contributed by atoms with Gasteiger partial charge in [-0.05, 0) is 13.0 Å². The van der Waals surface area contributed by atoms with Crippen molar-refractivity contribution in [3.63, 3.8) is 0 Å². The van der Waals surface area contributed by atoms with Gasteiger partial charge in [0.25, 0.3) is 0 Å². The molecule has 0 aliphatic rings. The summed E-state index contributed by atoms with van der Waals surface area (Å²) in [5.41, 5.74) is 0.773. The molecule has 38 valence electrons. The van der Waals surface area contributed by atoms with Crippen LogP contribution >= 0.6 is 0 Å². The van der Waals surface area contributed by atoms with Gasteiger partial charge in [0.1, 0.15) is 6.34 Å². The van der Waals surface area contributed by atoms with Gasteiger partial charge in [-0.25, -0.2) is 4.99 Å². The van der Waals surface area contributed by atoms with Crippen molar-refractivity contribution in [3.8, 4) is 0 Å². The minimum atomic E-state index is 0.773. The highest BCUT2D eigenvalue weighted by Gasteiger charge is 1.71. The summed E-state index contributed by atoms with van der Waals surface area (Å²) in [7, 11) is 0. The Morgan fingerprint density at radius 3 is 2.57 bits per heavy atom. The molecule has 0 aliphatic carbocycles. The first-order chi connectivity index (χ1) is 3.31. The first kappa shape index (κ1) is 6.08. The third kappa shape index (κ3) is 2.89. The van der Waals surface area contributed by atoms with Gasteiger partial charge in [0.15, 0.2) is 0 Å². The van der Waals surface area contributed by atoms with E-state index in [-0.39, 0.29) is 0 Å². The molecule has 0 aliphatic heterocycles. The van der Waals surface area contributed by atoms with Crippen molar-refractivity contribution in [1.82, 2.24) is 0 Å². The lowest BCUT2D eigenvalue weighted by molar-refractivity contribution is 1.51. The van der Waals surface area contributed by atoms with Crippen LogP contribution in [0.1, 0.15) is 6.92 Å². The van der Waals surface area contributed by atoms with E-state index in [1.807, 2.05) is 0 Å². The number of allylic oxidation sites excluding steroid dienone is 1. The molecule has 2 nitrogen and oxygen atoms in total. The van der Waals surface area contributed by atoms with E-state index in [0.717, 1.165) is 12.1 Å². The molecule has 0 spiro atoms. The molecule has 0 bridgehead atoms. The van der Waals surface area contributed by atoms with E-state index in [1.165, 1.54) is 0 Å². The molecule has 0 saturated carbocycles. The predicted octanol–water partition coefficient (Wildman–Crippen LogP) is 1.24. The van der Waals surface area contributed by atoms with Crippen molar-refractivity contribution in [2.45, 2.75) is 6.92 Å². The molecule has 2 heteroatoms. The van der Waals surface area contributed by atoms with Crippen LogP contribution in [-0.4, -0.2) is 12.1 Å². The van der Waals surface area contributed by atoms with Gasteiger partial charge in [-0.3, -0.25) is 5.41 Å². The Bertz CT molecular complexity index is 103. The molecule has 0 aromatic heterocycles. The van der Waals surface area contributed by atoms with E-state index >= 15 is 0 Å². The summed E-state index contributed by atoms with van der Waals surface area (Å²) in [5.74, 6) is 0. The molecule has 7 heavy (non-hydrogen) atoms. The Labute approximate surface area is 43.1 Å². The first-order valence-corrected chi connectivity index (χ1v) is 1.97. The zero-order valence-electron chi connectivity index (χ0n) is 4.31. The standard InChI is InChI=1S/C5H8N2/c1-3-5(2)7-4-6/h3-4,6H,1H2,2H3/b6-4?,7-5-. The van der Waals surface area contributed by atoms with Crippen molar-refractivity contribution < 1.29 is 0 Å². The van der Waals surface area contributed by atoms with Crippen LogP contribution in [0.2, 0.25) is 0 Å². The summed E-state index contributed by atoms with van der Waals surface area (Å²) < 4.78 is 0. The molecule has 0 heterocycles. The molecule has 0 rings (SSSR count). The predicted molar refractivity (Wildman–Crippen MR) is 32.1 cm³/mol. The summed E-state index contributed by atoms with van der Waals surface area (Å²) in [5, 5.41) is 6.48. The second-order valence-electron chi connectivity index (χ2n) is 1.10. The van der Waals surface area contributed by atoms with Crippen LogP contribution < -0.4 is 0 Å². The van der Waals surface area contributed by atoms with Crippen molar-refractivity contribution in [2.24, 2.45) is 4.99 Å². The van der Waals surface area contributed by atoms with Crippen molar-refractivity contribution in [2.75, 3.05) is 0 Å². The Balaban J connectivity index is 3.72. The lowest BCUT2D eigenvalue weighted by Crippen LogP contribution is -1.80. The number of nitrogens with one attached hydrogen (secondary N) is 1. The average Bonchev–Trinajstić information content (AvgIpc) is 1.68. The lowest BCUT2D eigenvalue weighted by atomic mass is 10.4. The zero-order valence-corrected chi connectivity index (χ0v) is 4.31. The highest BCUT2D eigenvalue weighted by atomic mass is 14.7. The zero-order chi connectivity index (χ0) is 5.70. The molecular weight excluding hydrogens is 88.1 g/mol. The van der Waals surface area contributed by atoms with E-state index in [2.05, 4.69) is 11.6 Å². The van der Waals surface area contributed by atoms with E-state index in [0.29, 0.717) is 0 Å². The molecule has 0 fully saturated rings. The number of rotatable bonds is 2. The molecule has 0 atom stereocenters. The van der Waals surface area contributed by atoms with E-state index < -0.39 is 0 Å². The van der Waals surface area contributed by atoms with Gasteiger partial charge in [0.2, 0.25) is 0 Å². The van der Waals surface area contributed by atoms with E-state index in [9.17, 15) is 0 Å². The Hall–Kier alpha value is -0.920. The summed E-state index contributed by atoms with van der Waals surface area (Å²) >= 11 is 0. The maximum Gasteiger partial charge on any atom is 0.107 e. The van der Waals surface area contributed by atoms with Gasteiger partial charge >= 0.3 is 0 Å². The first-order valence-electron chi connectivity index (χ1n) is 1.97. The number of hydrogen-bond acceptors (Lipinski definition) is 1. The van der Waals surface area contributed by atoms with Crippen LogP contribution in [0.5, 0.6) is 0 Å². The van der Waals surface area contributed by atoms with Gasteiger partial charge in [-0.15, -0.1) is 0 Å². The van der Waals surface area contributed by atoms with Gasteiger partial charge in [0.05, 0.1) is 0 Å². The highest BCUT2D eigenvalue weighted by Crippen LogP contribution is 1.71. The van der Waals surface area contributed by atoms with Crippen LogP contribution in [0.3, 0.4) is 0 Å². The van der Waals surface area contributed by atoms with Crippen molar-refractivity contribution in [3.05, 3.63) is 12.7 Å². The molecule has 0 aromatic carbocycles. The van der Waals surface area contributed by atoms with Gasteiger partial charge in [-0.1, -0.05) is 6.58 Å². The third-order valence-electron chi connectivity index (χ3n) is 0.564. The normalized spacial score (nSPS) is 10.7.